The van der Waals surface area contributed by atoms with Crippen molar-refractivity contribution in [1.29, 1.82) is 0 Å². The van der Waals surface area contributed by atoms with Gasteiger partial charge in [0.15, 0.2) is 6.61 Å². The Bertz CT molecular complexity index is 467. The average Bonchev–Trinajstić information content (AvgIpc) is 2.23. The van der Waals surface area contributed by atoms with Crippen molar-refractivity contribution in [3.05, 3.63) is 34.1 Å². The van der Waals surface area contributed by atoms with Crippen LogP contribution >= 0.6 is 15.9 Å². The second-order valence-corrected chi connectivity index (χ2v) is 4.43. The Balaban J connectivity index is 2.39. The third-order valence-electron chi connectivity index (χ3n) is 2.35. The molecule has 0 radical (unpaired) electrons. The third kappa shape index (κ3) is 2.38. The molecule has 1 amide bonds. The van der Waals surface area contributed by atoms with Crippen LogP contribution in [0, 0.1) is 5.82 Å². The van der Waals surface area contributed by atoms with E-state index in [4.69, 9.17) is 0 Å². The zero-order valence-electron chi connectivity index (χ0n) is 8.34. The molecule has 1 aromatic carbocycles. The van der Waals surface area contributed by atoms with Crippen molar-refractivity contribution in [2.24, 2.45) is 0 Å². The van der Waals surface area contributed by atoms with E-state index < -0.39 is 30.5 Å². The van der Waals surface area contributed by atoms with Gasteiger partial charge in [0.25, 0.3) is 0 Å². The van der Waals surface area contributed by atoms with E-state index in [2.05, 4.69) is 20.7 Å². The molecule has 1 saturated heterocycles. The van der Waals surface area contributed by atoms with Crippen molar-refractivity contribution >= 4 is 22.0 Å². The van der Waals surface area contributed by atoms with E-state index in [0.717, 1.165) is 12.1 Å². The Kier molecular flexibility index (Phi) is 3.03. The lowest BCUT2D eigenvalue weighted by Crippen LogP contribution is -2.49. The summed E-state index contributed by atoms with van der Waals surface area (Å²) in [6, 6.07) is 1.78. The van der Waals surface area contributed by atoms with Gasteiger partial charge in [-0.1, -0.05) is 22.0 Å². The number of alkyl carbamates (subject to hydrolysis) is 1. The van der Waals surface area contributed by atoms with Gasteiger partial charge in [-0.05, 0) is 17.7 Å². The quantitative estimate of drug-likeness (QED) is 0.866. The molecule has 0 bridgehead atoms. The van der Waals surface area contributed by atoms with E-state index in [1.807, 2.05) is 5.32 Å². The van der Waals surface area contributed by atoms with Crippen LogP contribution in [0.1, 0.15) is 11.6 Å². The third-order valence-corrected chi connectivity index (χ3v) is 3.04. The maximum atomic E-state index is 13.6. The molecule has 17 heavy (non-hydrogen) atoms. The van der Waals surface area contributed by atoms with Gasteiger partial charge in [0, 0.05) is 4.47 Å². The van der Waals surface area contributed by atoms with Crippen molar-refractivity contribution in [1.82, 2.24) is 5.32 Å². The molecule has 0 aromatic heterocycles. The minimum Gasteiger partial charge on any atom is -0.443 e. The number of cyclic esters (lactones) is 1. The molecule has 1 aromatic rings. The number of halogens is 4. The number of rotatable bonds is 1. The van der Waals surface area contributed by atoms with E-state index in [-0.39, 0.29) is 10.0 Å². The van der Waals surface area contributed by atoms with Gasteiger partial charge in [-0.15, -0.1) is 0 Å². The summed E-state index contributed by atoms with van der Waals surface area (Å²) in [6.45, 7) is -0.993. The summed E-state index contributed by atoms with van der Waals surface area (Å²) in [4.78, 5) is 11.0. The van der Waals surface area contributed by atoms with Gasteiger partial charge in [-0.25, -0.2) is 18.0 Å². The molecule has 1 aliphatic rings. The van der Waals surface area contributed by atoms with E-state index in [1.54, 1.807) is 0 Å². The van der Waals surface area contributed by atoms with Gasteiger partial charge in [0.1, 0.15) is 11.9 Å². The van der Waals surface area contributed by atoms with Crippen molar-refractivity contribution in [2.75, 3.05) is 6.61 Å². The fourth-order valence-corrected chi connectivity index (χ4v) is 2.13. The van der Waals surface area contributed by atoms with Crippen molar-refractivity contribution in [3.63, 3.8) is 0 Å². The van der Waals surface area contributed by atoms with Crippen molar-refractivity contribution < 1.29 is 22.7 Å². The van der Waals surface area contributed by atoms with Gasteiger partial charge in [0.05, 0.1) is 0 Å². The standard InChI is InChI=1S/C10H7BrF3NO2/c11-7-3-5(12)1-2-6(7)8-10(13,14)4-17-9(16)15-8/h1-3,8H,4H2,(H,15,16)/t8-/m1/s1. The molecule has 2 rings (SSSR count). The molecule has 1 N–H and O–H groups in total. The lowest BCUT2D eigenvalue weighted by atomic mass is 10.0. The number of hydrogen-bond acceptors (Lipinski definition) is 2. The summed E-state index contributed by atoms with van der Waals surface area (Å²) >= 11 is 2.99. The number of carbonyl (C=O) groups excluding carboxylic acids is 1. The maximum absolute atomic E-state index is 13.6. The fraction of sp³-hybridized carbons (Fsp3) is 0.300. The van der Waals surface area contributed by atoms with Gasteiger partial charge in [-0.2, -0.15) is 0 Å². The second-order valence-electron chi connectivity index (χ2n) is 3.58. The number of benzene rings is 1. The Morgan fingerprint density at radius 2 is 2.18 bits per heavy atom. The second kappa shape index (κ2) is 4.21. The lowest BCUT2D eigenvalue weighted by Gasteiger charge is -2.32. The summed E-state index contributed by atoms with van der Waals surface area (Å²) in [5.74, 6) is -3.80. The summed E-state index contributed by atoms with van der Waals surface area (Å²) in [5.41, 5.74) is 0.105. The van der Waals surface area contributed by atoms with Gasteiger partial charge in [0.2, 0.25) is 0 Å². The lowest BCUT2D eigenvalue weighted by molar-refractivity contribution is -0.104. The van der Waals surface area contributed by atoms with Crippen LogP contribution in [-0.4, -0.2) is 18.6 Å². The first-order chi connectivity index (χ1) is 7.90. The molecule has 0 spiro atoms. The topological polar surface area (TPSA) is 38.3 Å². The Morgan fingerprint density at radius 1 is 1.47 bits per heavy atom. The molecule has 7 heteroatoms. The molecule has 0 aliphatic carbocycles. The average molecular weight is 310 g/mol. The monoisotopic (exact) mass is 309 g/mol. The summed E-state index contributed by atoms with van der Waals surface area (Å²) in [7, 11) is 0. The molecule has 0 saturated carbocycles. The summed E-state index contributed by atoms with van der Waals surface area (Å²) in [6.07, 6.45) is -0.919. The van der Waals surface area contributed by atoms with Crippen LogP contribution < -0.4 is 5.32 Å². The Morgan fingerprint density at radius 3 is 2.82 bits per heavy atom. The van der Waals surface area contributed by atoms with E-state index in [0.29, 0.717) is 0 Å². The van der Waals surface area contributed by atoms with E-state index >= 15 is 0 Å². The first-order valence-electron chi connectivity index (χ1n) is 4.66. The number of amides is 1. The van der Waals surface area contributed by atoms with Crippen LogP contribution in [-0.2, 0) is 4.74 Å². The number of nitrogens with one attached hydrogen (secondary N) is 1. The number of ether oxygens (including phenoxy) is 1. The summed E-state index contributed by atoms with van der Waals surface area (Å²) < 4.78 is 44.4. The highest BCUT2D eigenvalue weighted by molar-refractivity contribution is 9.10. The van der Waals surface area contributed by atoms with Gasteiger partial charge >= 0.3 is 12.0 Å². The number of alkyl halides is 2. The minimum atomic E-state index is -3.24. The molecule has 1 atom stereocenters. The molecule has 1 aliphatic heterocycles. The van der Waals surface area contributed by atoms with Crippen LogP contribution in [0.2, 0.25) is 0 Å². The van der Waals surface area contributed by atoms with Crippen molar-refractivity contribution in [3.8, 4) is 0 Å². The first-order valence-corrected chi connectivity index (χ1v) is 5.45. The Hall–Kier alpha value is -1.24. The van der Waals surface area contributed by atoms with E-state index in [9.17, 15) is 18.0 Å². The highest BCUT2D eigenvalue weighted by Gasteiger charge is 2.47. The van der Waals surface area contributed by atoms with Crippen LogP contribution in [0.4, 0.5) is 18.0 Å². The highest BCUT2D eigenvalue weighted by Crippen LogP contribution is 2.37. The van der Waals surface area contributed by atoms with Crippen molar-refractivity contribution in [2.45, 2.75) is 12.0 Å². The van der Waals surface area contributed by atoms with Crippen LogP contribution in [0.15, 0.2) is 22.7 Å². The van der Waals surface area contributed by atoms with Crippen LogP contribution in [0.3, 0.4) is 0 Å². The van der Waals surface area contributed by atoms with Crippen LogP contribution in [0.25, 0.3) is 0 Å². The molecule has 1 heterocycles. The summed E-state index contributed by atoms with van der Waals surface area (Å²) in [5, 5.41) is 2.02. The predicted molar refractivity (Wildman–Crippen MR) is 56.3 cm³/mol. The highest BCUT2D eigenvalue weighted by atomic mass is 79.9. The van der Waals surface area contributed by atoms with Gasteiger partial charge in [-0.3, -0.25) is 0 Å². The fourth-order valence-electron chi connectivity index (χ4n) is 1.55. The Labute approximate surface area is 103 Å². The van der Waals surface area contributed by atoms with E-state index in [1.165, 1.54) is 6.07 Å². The first kappa shape index (κ1) is 12.2. The molecule has 92 valence electrons. The zero-order valence-corrected chi connectivity index (χ0v) is 9.93. The number of hydrogen-bond donors (Lipinski definition) is 1. The van der Waals surface area contributed by atoms with Crippen LogP contribution in [0.5, 0.6) is 0 Å². The SMILES string of the molecule is O=C1N[C@H](c2ccc(F)cc2Br)C(F)(F)CO1. The largest absolute Gasteiger partial charge is 0.443 e. The molecule has 1 fully saturated rings. The molecular weight excluding hydrogens is 303 g/mol. The molecular formula is C10H7BrF3NO2. The number of carbonyl (C=O) groups is 1. The zero-order chi connectivity index (χ0) is 12.6. The smallest absolute Gasteiger partial charge is 0.408 e. The minimum absolute atomic E-state index is 0.105. The molecule has 0 unspecified atom stereocenters. The normalized spacial score (nSPS) is 22.8. The van der Waals surface area contributed by atoms with Gasteiger partial charge < -0.3 is 10.1 Å². The predicted octanol–water partition coefficient (Wildman–Crippen LogP) is 3.00. The maximum Gasteiger partial charge on any atom is 0.408 e. The molecule has 3 nitrogen and oxygen atoms in total.